The third-order valence-corrected chi connectivity index (χ3v) is 5.36. The normalized spacial score (nSPS) is 11.1. The average Bonchev–Trinajstić information content (AvgIpc) is 3.28. The summed E-state index contributed by atoms with van der Waals surface area (Å²) >= 11 is 3.43. The molecule has 3 aromatic rings. The summed E-state index contributed by atoms with van der Waals surface area (Å²) in [7, 11) is 0. The molecule has 0 fully saturated rings. The number of nitrogens with one attached hydrogen (secondary N) is 1. The Morgan fingerprint density at radius 2 is 1.92 bits per heavy atom. The second-order valence-corrected chi connectivity index (χ2v) is 7.17. The summed E-state index contributed by atoms with van der Waals surface area (Å²) in [4.78, 5) is 10.4. The van der Waals surface area contributed by atoms with Crippen molar-refractivity contribution in [1.29, 1.82) is 0 Å². The van der Waals surface area contributed by atoms with Gasteiger partial charge in [-0.1, -0.05) is 36.4 Å². The van der Waals surface area contributed by atoms with Gasteiger partial charge in [-0.05, 0) is 11.4 Å². The van der Waals surface area contributed by atoms with Crippen LogP contribution >= 0.6 is 46.7 Å². The number of benzene rings is 1. The van der Waals surface area contributed by atoms with Gasteiger partial charge in [0.1, 0.15) is 5.01 Å². The molecule has 3 rings (SSSR count). The molecule has 0 aliphatic rings. The zero-order valence-electron chi connectivity index (χ0n) is 13.7. The molecular weight excluding hydrogens is 463 g/mol. The van der Waals surface area contributed by atoms with E-state index in [4.69, 9.17) is 5.73 Å². The first-order chi connectivity index (χ1) is 11.8. The smallest absolute Gasteiger partial charge is 0.188 e. The second kappa shape index (κ2) is 10.5. The molecule has 0 unspecified atom stereocenters. The van der Waals surface area contributed by atoms with E-state index in [2.05, 4.69) is 50.3 Å². The Bertz CT molecular complexity index is 769. The van der Waals surface area contributed by atoms with Crippen LogP contribution in [0.5, 0.6) is 0 Å². The van der Waals surface area contributed by atoms with E-state index in [1.165, 1.54) is 4.88 Å². The SMILES string of the molecule is I.NC(=NCCc1cccs1)NCCc1csc(-c2ccccc2)n1. The minimum atomic E-state index is 0. The number of thiazole rings is 1. The maximum atomic E-state index is 5.90. The summed E-state index contributed by atoms with van der Waals surface area (Å²) in [6.07, 6.45) is 1.77. The first kappa shape index (κ1) is 19.9. The fourth-order valence-electron chi connectivity index (χ4n) is 2.25. The molecule has 0 atom stereocenters. The number of halogens is 1. The van der Waals surface area contributed by atoms with E-state index in [0.717, 1.165) is 35.7 Å². The van der Waals surface area contributed by atoms with Gasteiger partial charge in [-0.3, -0.25) is 4.99 Å². The van der Waals surface area contributed by atoms with Crippen molar-refractivity contribution in [3.8, 4) is 10.6 Å². The molecule has 0 radical (unpaired) electrons. The van der Waals surface area contributed by atoms with E-state index in [-0.39, 0.29) is 24.0 Å². The molecule has 2 aromatic heterocycles. The van der Waals surface area contributed by atoms with E-state index >= 15 is 0 Å². The van der Waals surface area contributed by atoms with Gasteiger partial charge in [0.2, 0.25) is 0 Å². The second-order valence-electron chi connectivity index (χ2n) is 5.28. The Kier molecular flexibility index (Phi) is 8.36. The van der Waals surface area contributed by atoms with Crippen LogP contribution in [0, 0.1) is 0 Å². The van der Waals surface area contributed by atoms with Gasteiger partial charge in [0.05, 0.1) is 5.69 Å². The summed E-state index contributed by atoms with van der Waals surface area (Å²) in [5.41, 5.74) is 8.14. The molecule has 0 aliphatic heterocycles. The Balaban J connectivity index is 0.00000225. The molecule has 2 heterocycles. The lowest BCUT2D eigenvalue weighted by molar-refractivity contribution is 0.831. The van der Waals surface area contributed by atoms with Crippen LogP contribution in [0.1, 0.15) is 10.6 Å². The summed E-state index contributed by atoms with van der Waals surface area (Å²) in [5.74, 6) is 0.505. The zero-order chi connectivity index (χ0) is 16.6. The first-order valence-electron chi connectivity index (χ1n) is 7.87. The number of hydrogen-bond donors (Lipinski definition) is 2. The number of guanidine groups is 1. The fraction of sp³-hybridized carbons (Fsp3) is 0.222. The van der Waals surface area contributed by atoms with Crippen LogP contribution in [-0.4, -0.2) is 24.0 Å². The van der Waals surface area contributed by atoms with E-state index in [0.29, 0.717) is 12.5 Å². The first-order valence-corrected chi connectivity index (χ1v) is 9.63. The molecule has 4 nitrogen and oxygen atoms in total. The van der Waals surface area contributed by atoms with Crippen LogP contribution in [0.15, 0.2) is 58.2 Å². The van der Waals surface area contributed by atoms with Gasteiger partial charge >= 0.3 is 0 Å². The molecule has 0 spiro atoms. The highest BCUT2D eigenvalue weighted by molar-refractivity contribution is 14.0. The standard InChI is InChI=1S/C18H20N4S2.HI/c19-18(21-11-9-16-7-4-12-23-16)20-10-8-15-13-24-17(22-15)14-5-2-1-3-6-14;/h1-7,12-13H,8-11H2,(H3,19,20,21);1H. The van der Waals surface area contributed by atoms with Gasteiger partial charge in [-0.25, -0.2) is 4.98 Å². The van der Waals surface area contributed by atoms with Crippen LogP contribution in [0.25, 0.3) is 10.6 Å². The monoisotopic (exact) mass is 484 g/mol. The van der Waals surface area contributed by atoms with Crippen LogP contribution < -0.4 is 11.1 Å². The van der Waals surface area contributed by atoms with Gasteiger partial charge in [0, 0.05) is 41.8 Å². The van der Waals surface area contributed by atoms with Crippen molar-refractivity contribution in [3.63, 3.8) is 0 Å². The molecule has 0 saturated heterocycles. The number of aromatic nitrogens is 1. The van der Waals surface area contributed by atoms with Crippen molar-refractivity contribution >= 4 is 52.6 Å². The van der Waals surface area contributed by atoms with Crippen molar-refractivity contribution in [1.82, 2.24) is 10.3 Å². The maximum absolute atomic E-state index is 5.90. The largest absolute Gasteiger partial charge is 0.370 e. The zero-order valence-corrected chi connectivity index (χ0v) is 17.7. The predicted octanol–water partition coefficient (Wildman–Crippen LogP) is 4.18. The van der Waals surface area contributed by atoms with E-state index in [1.54, 1.807) is 22.7 Å². The topological polar surface area (TPSA) is 63.3 Å². The molecular formula is C18H21IN4S2. The fourth-order valence-corrected chi connectivity index (χ4v) is 3.81. The summed E-state index contributed by atoms with van der Waals surface area (Å²) in [6.45, 7) is 1.46. The number of nitrogens with zero attached hydrogens (tertiary/aromatic N) is 2. The van der Waals surface area contributed by atoms with Crippen molar-refractivity contribution < 1.29 is 0 Å². The number of hydrogen-bond acceptors (Lipinski definition) is 4. The third kappa shape index (κ3) is 6.41. The highest BCUT2D eigenvalue weighted by Crippen LogP contribution is 2.23. The lowest BCUT2D eigenvalue weighted by atomic mass is 10.2. The van der Waals surface area contributed by atoms with Crippen LogP contribution in [-0.2, 0) is 12.8 Å². The predicted molar refractivity (Wildman–Crippen MR) is 119 cm³/mol. The highest BCUT2D eigenvalue weighted by Gasteiger charge is 2.04. The quantitative estimate of drug-likeness (QED) is 0.301. The number of nitrogens with two attached hydrogens (primary N) is 1. The van der Waals surface area contributed by atoms with E-state index in [1.807, 2.05) is 18.2 Å². The van der Waals surface area contributed by atoms with Crippen molar-refractivity contribution in [2.24, 2.45) is 10.7 Å². The summed E-state index contributed by atoms with van der Waals surface area (Å²) in [6, 6.07) is 14.4. The van der Waals surface area contributed by atoms with E-state index in [9.17, 15) is 0 Å². The Labute approximate surface area is 173 Å². The molecule has 0 bridgehead atoms. The van der Waals surface area contributed by atoms with Gasteiger partial charge in [0.25, 0.3) is 0 Å². The molecule has 0 amide bonds. The van der Waals surface area contributed by atoms with Crippen LogP contribution in [0.3, 0.4) is 0 Å². The Morgan fingerprint density at radius 1 is 1.08 bits per heavy atom. The maximum Gasteiger partial charge on any atom is 0.188 e. The Morgan fingerprint density at radius 3 is 2.68 bits per heavy atom. The minimum Gasteiger partial charge on any atom is -0.370 e. The molecule has 3 N–H and O–H groups in total. The lowest BCUT2D eigenvalue weighted by Gasteiger charge is -2.04. The van der Waals surface area contributed by atoms with Gasteiger partial charge in [-0.2, -0.15) is 0 Å². The van der Waals surface area contributed by atoms with Gasteiger partial charge in [0.15, 0.2) is 5.96 Å². The van der Waals surface area contributed by atoms with Gasteiger partial charge in [-0.15, -0.1) is 46.7 Å². The molecule has 0 saturated carbocycles. The highest BCUT2D eigenvalue weighted by atomic mass is 127. The van der Waals surface area contributed by atoms with Gasteiger partial charge < -0.3 is 11.1 Å². The average molecular weight is 484 g/mol. The molecule has 7 heteroatoms. The minimum absolute atomic E-state index is 0. The van der Waals surface area contributed by atoms with Crippen molar-refractivity contribution in [3.05, 3.63) is 63.8 Å². The van der Waals surface area contributed by atoms with Crippen LogP contribution in [0.4, 0.5) is 0 Å². The van der Waals surface area contributed by atoms with Crippen molar-refractivity contribution in [2.45, 2.75) is 12.8 Å². The summed E-state index contributed by atoms with van der Waals surface area (Å²) < 4.78 is 0. The molecule has 132 valence electrons. The lowest BCUT2D eigenvalue weighted by Crippen LogP contribution is -2.33. The third-order valence-electron chi connectivity index (χ3n) is 3.48. The van der Waals surface area contributed by atoms with E-state index < -0.39 is 0 Å². The van der Waals surface area contributed by atoms with Crippen molar-refractivity contribution in [2.75, 3.05) is 13.1 Å². The number of thiophene rings is 1. The van der Waals surface area contributed by atoms with Crippen LogP contribution in [0.2, 0.25) is 0 Å². The molecule has 25 heavy (non-hydrogen) atoms. The molecule has 0 aliphatic carbocycles. The summed E-state index contributed by atoms with van der Waals surface area (Å²) in [5, 5.41) is 8.40. The Hall–Kier alpha value is -1.45. The number of rotatable bonds is 7. The molecule has 1 aromatic carbocycles. The number of aliphatic imine (C=N–C) groups is 1.